The van der Waals surface area contributed by atoms with Crippen LogP contribution in [0.2, 0.25) is 0 Å². The van der Waals surface area contributed by atoms with E-state index in [0.29, 0.717) is 5.52 Å². The quantitative estimate of drug-likeness (QED) is 0.911. The maximum absolute atomic E-state index is 12.5. The second-order valence-electron chi connectivity index (χ2n) is 5.86. The van der Waals surface area contributed by atoms with Crippen molar-refractivity contribution in [3.05, 3.63) is 34.4 Å². The van der Waals surface area contributed by atoms with Crippen molar-refractivity contribution in [3.63, 3.8) is 0 Å². The number of benzene rings is 1. The molecule has 0 spiro atoms. The van der Waals surface area contributed by atoms with Gasteiger partial charge in [0, 0.05) is 21.6 Å². The van der Waals surface area contributed by atoms with E-state index in [4.69, 9.17) is 0 Å². The lowest BCUT2D eigenvalue weighted by Crippen LogP contribution is -3.11. The highest BCUT2D eigenvalue weighted by Crippen LogP contribution is 2.31. The predicted octanol–water partition coefficient (Wildman–Crippen LogP) is 1.89. The Morgan fingerprint density at radius 3 is 2.90 bits per heavy atom. The molecule has 0 amide bonds. The standard InChI is InChI=1S/C16H19BrN2O/c1-11-4-7-19(8-5-11)10-12-9-14(17)13-3-2-6-18-15(13)16(12)20/h2-3,6,9,11,20H,4-5,7-8,10H2,1H3. The first kappa shape index (κ1) is 13.8. The number of piperidine rings is 1. The Balaban J connectivity index is 1.90. The van der Waals surface area contributed by atoms with Crippen molar-refractivity contribution in [2.75, 3.05) is 13.1 Å². The predicted molar refractivity (Wildman–Crippen MR) is 81.7 cm³/mol. The fourth-order valence-electron chi connectivity index (χ4n) is 2.98. The molecule has 1 fully saturated rings. The van der Waals surface area contributed by atoms with Crippen LogP contribution in [0.4, 0.5) is 0 Å². The summed E-state index contributed by atoms with van der Waals surface area (Å²) in [7, 11) is 0. The Morgan fingerprint density at radius 1 is 1.40 bits per heavy atom. The zero-order valence-electron chi connectivity index (χ0n) is 11.7. The van der Waals surface area contributed by atoms with E-state index in [1.165, 1.54) is 30.8 Å². The molecule has 1 N–H and O–H groups in total. The lowest BCUT2D eigenvalue weighted by Gasteiger charge is -2.29. The fourth-order valence-corrected chi connectivity index (χ4v) is 3.57. The van der Waals surface area contributed by atoms with Gasteiger partial charge in [0.25, 0.3) is 0 Å². The summed E-state index contributed by atoms with van der Waals surface area (Å²) in [4.78, 5) is 5.77. The summed E-state index contributed by atoms with van der Waals surface area (Å²) in [5.74, 6) is 0.922. The van der Waals surface area contributed by atoms with Crippen molar-refractivity contribution in [3.8, 4) is 5.75 Å². The van der Waals surface area contributed by atoms with Crippen LogP contribution in [0.1, 0.15) is 25.3 Å². The molecule has 2 heterocycles. The van der Waals surface area contributed by atoms with Crippen molar-refractivity contribution in [1.82, 2.24) is 4.98 Å². The molecule has 0 bridgehead atoms. The fraction of sp³-hybridized carbons (Fsp3) is 0.438. The Hall–Kier alpha value is -1.13. The minimum absolute atomic E-state index is 0.0925. The molecular weight excluding hydrogens is 316 g/mol. The molecule has 1 saturated heterocycles. The number of hydrogen-bond acceptors (Lipinski definition) is 2. The summed E-state index contributed by atoms with van der Waals surface area (Å²) >= 11 is 3.57. The number of fused-ring (bicyclic) bond motifs is 1. The molecule has 3 rings (SSSR count). The second kappa shape index (κ2) is 5.70. The number of pyridine rings is 1. The molecule has 0 aliphatic carbocycles. The third-order valence-electron chi connectivity index (χ3n) is 4.29. The van der Waals surface area contributed by atoms with Gasteiger partial charge in [0.15, 0.2) is 0 Å². The summed E-state index contributed by atoms with van der Waals surface area (Å²) in [5.41, 5.74) is 1.47. The van der Waals surface area contributed by atoms with E-state index in [1.54, 1.807) is 6.20 Å². The van der Waals surface area contributed by atoms with Crippen LogP contribution < -0.4 is 10.0 Å². The van der Waals surface area contributed by atoms with E-state index in [-0.39, 0.29) is 5.75 Å². The topological polar surface area (TPSA) is 40.4 Å². The molecule has 20 heavy (non-hydrogen) atoms. The van der Waals surface area contributed by atoms with Gasteiger partial charge in [-0.2, -0.15) is 0 Å². The van der Waals surface area contributed by atoms with E-state index >= 15 is 0 Å². The van der Waals surface area contributed by atoms with Gasteiger partial charge in [-0.25, -0.2) is 0 Å². The highest BCUT2D eigenvalue weighted by Gasteiger charge is 2.19. The van der Waals surface area contributed by atoms with Crippen molar-refractivity contribution in [1.29, 1.82) is 0 Å². The Kier molecular flexibility index (Phi) is 3.94. The summed E-state index contributed by atoms with van der Waals surface area (Å²) in [6, 6.07) is 5.79. The van der Waals surface area contributed by atoms with Gasteiger partial charge in [-0.3, -0.25) is 4.98 Å². The molecule has 2 aromatic rings. The maximum atomic E-state index is 12.5. The Labute approximate surface area is 127 Å². The highest BCUT2D eigenvalue weighted by molar-refractivity contribution is 9.10. The minimum Gasteiger partial charge on any atom is -0.871 e. The van der Waals surface area contributed by atoms with Crippen molar-refractivity contribution >= 4 is 26.8 Å². The van der Waals surface area contributed by atoms with E-state index in [1.807, 2.05) is 18.2 Å². The van der Waals surface area contributed by atoms with E-state index in [2.05, 4.69) is 27.8 Å². The zero-order valence-corrected chi connectivity index (χ0v) is 13.2. The molecule has 4 heteroatoms. The average molecular weight is 335 g/mol. The summed E-state index contributed by atoms with van der Waals surface area (Å²) in [5, 5.41) is 13.4. The van der Waals surface area contributed by atoms with Gasteiger partial charge in [0.1, 0.15) is 6.54 Å². The van der Waals surface area contributed by atoms with Crippen molar-refractivity contribution in [2.24, 2.45) is 5.92 Å². The molecule has 1 aliphatic heterocycles. The van der Waals surface area contributed by atoms with Crippen LogP contribution in [0.5, 0.6) is 5.75 Å². The molecule has 106 valence electrons. The molecule has 3 nitrogen and oxygen atoms in total. The molecule has 1 aromatic carbocycles. The van der Waals surface area contributed by atoms with E-state index in [9.17, 15) is 5.11 Å². The van der Waals surface area contributed by atoms with Crippen molar-refractivity contribution < 1.29 is 10.0 Å². The normalized spacial score (nSPS) is 23.1. The second-order valence-corrected chi connectivity index (χ2v) is 6.71. The summed E-state index contributed by atoms with van der Waals surface area (Å²) in [6.07, 6.45) is 4.21. The molecule has 0 atom stereocenters. The Bertz CT molecular complexity index is 621. The third-order valence-corrected chi connectivity index (χ3v) is 4.95. The smallest absolute Gasteiger partial charge is 0.102 e. The minimum atomic E-state index is 0.0925. The van der Waals surface area contributed by atoms with Gasteiger partial charge < -0.3 is 10.0 Å². The number of rotatable bonds is 2. The number of quaternary nitrogens is 1. The van der Waals surface area contributed by atoms with Crippen LogP contribution >= 0.6 is 15.9 Å². The van der Waals surface area contributed by atoms with Crippen molar-refractivity contribution in [2.45, 2.75) is 26.3 Å². The first-order valence-electron chi connectivity index (χ1n) is 7.22. The molecular formula is C16H19BrN2O. The number of halogens is 1. The van der Waals surface area contributed by atoms with Crippen LogP contribution in [0.25, 0.3) is 10.9 Å². The largest absolute Gasteiger partial charge is 0.871 e. The summed E-state index contributed by atoms with van der Waals surface area (Å²) in [6.45, 7) is 5.46. The molecule has 1 aromatic heterocycles. The maximum Gasteiger partial charge on any atom is 0.102 e. The van der Waals surface area contributed by atoms with Crippen LogP contribution in [0.15, 0.2) is 28.9 Å². The van der Waals surface area contributed by atoms with Crippen LogP contribution in [-0.2, 0) is 6.54 Å². The lowest BCUT2D eigenvalue weighted by atomic mass is 9.98. The summed E-state index contributed by atoms with van der Waals surface area (Å²) < 4.78 is 0.972. The highest BCUT2D eigenvalue weighted by atomic mass is 79.9. The van der Waals surface area contributed by atoms with Gasteiger partial charge in [0.2, 0.25) is 0 Å². The third kappa shape index (κ3) is 2.67. The van der Waals surface area contributed by atoms with Crippen LogP contribution in [0.3, 0.4) is 0 Å². The van der Waals surface area contributed by atoms with Gasteiger partial charge in [-0.05, 0) is 30.9 Å². The molecule has 1 aliphatic rings. The zero-order chi connectivity index (χ0) is 14.1. The van der Waals surface area contributed by atoms with Crippen LogP contribution in [0, 0.1) is 5.92 Å². The molecule has 0 saturated carbocycles. The number of aromatic nitrogens is 1. The van der Waals surface area contributed by atoms with Gasteiger partial charge in [-0.15, -0.1) is 0 Å². The SMILES string of the molecule is CC1CC[NH+](Cc2cc(Br)c3cccnc3c2[O-])CC1. The molecule has 0 radical (unpaired) electrons. The number of hydrogen-bond donors (Lipinski definition) is 1. The van der Waals surface area contributed by atoms with Gasteiger partial charge >= 0.3 is 0 Å². The number of nitrogens with one attached hydrogen (secondary N) is 1. The lowest BCUT2D eigenvalue weighted by molar-refractivity contribution is -0.919. The van der Waals surface area contributed by atoms with Gasteiger partial charge in [-0.1, -0.05) is 34.7 Å². The monoisotopic (exact) mass is 334 g/mol. The first-order chi connectivity index (χ1) is 9.65. The number of likely N-dealkylation sites (tertiary alicyclic amines) is 1. The number of nitrogens with zero attached hydrogens (tertiary/aromatic N) is 1. The average Bonchev–Trinajstić information content (AvgIpc) is 2.47. The van der Waals surface area contributed by atoms with Gasteiger partial charge in [0.05, 0.1) is 18.6 Å². The Morgan fingerprint density at radius 2 is 2.15 bits per heavy atom. The molecule has 0 unspecified atom stereocenters. The van der Waals surface area contributed by atoms with E-state index in [0.717, 1.165) is 27.9 Å². The first-order valence-corrected chi connectivity index (χ1v) is 8.01. The van der Waals surface area contributed by atoms with E-state index < -0.39 is 0 Å². The van der Waals surface area contributed by atoms with Crippen LogP contribution in [-0.4, -0.2) is 18.1 Å².